The van der Waals surface area contributed by atoms with E-state index in [-0.39, 0.29) is 11.9 Å². The Bertz CT molecular complexity index is 1010. The second kappa shape index (κ2) is 9.32. The number of ether oxygens (including phenoxy) is 2. The van der Waals surface area contributed by atoms with Gasteiger partial charge in [-0.1, -0.05) is 30.3 Å². The van der Waals surface area contributed by atoms with Gasteiger partial charge in [-0.05, 0) is 49.7 Å². The van der Waals surface area contributed by atoms with Crippen LogP contribution < -0.4 is 10.1 Å². The van der Waals surface area contributed by atoms with Crippen LogP contribution in [-0.4, -0.2) is 44.7 Å². The van der Waals surface area contributed by atoms with Crippen LogP contribution in [0, 0.1) is 0 Å². The van der Waals surface area contributed by atoms with Crippen LogP contribution in [0.3, 0.4) is 0 Å². The average molecular weight is 408 g/mol. The van der Waals surface area contributed by atoms with E-state index in [2.05, 4.69) is 16.3 Å². The molecule has 0 bridgehead atoms. The molecule has 1 N–H and O–H groups in total. The Morgan fingerprint density at radius 3 is 2.70 bits per heavy atom. The molecule has 0 radical (unpaired) electrons. The Hall–Kier alpha value is -2.83. The molecule has 1 aromatic heterocycles. The summed E-state index contributed by atoms with van der Waals surface area (Å²) in [5.41, 5.74) is 2.61. The summed E-state index contributed by atoms with van der Waals surface area (Å²) in [6.45, 7) is 2.87. The Morgan fingerprint density at radius 1 is 1.13 bits per heavy atom. The summed E-state index contributed by atoms with van der Waals surface area (Å²) in [6.07, 6.45) is 2.35. The van der Waals surface area contributed by atoms with Gasteiger partial charge in [0.1, 0.15) is 11.3 Å². The molecule has 0 aliphatic carbocycles. The first-order chi connectivity index (χ1) is 14.7. The highest BCUT2D eigenvalue weighted by atomic mass is 16.5. The maximum Gasteiger partial charge on any atom is 0.287 e. The molecule has 1 unspecified atom stereocenters. The number of carbonyl (C=O) groups excluding carboxylic acids is 1. The number of furan rings is 1. The predicted octanol–water partition coefficient (Wildman–Crippen LogP) is 4.15. The van der Waals surface area contributed by atoms with E-state index >= 15 is 0 Å². The number of benzene rings is 2. The van der Waals surface area contributed by atoms with Crippen LogP contribution >= 0.6 is 0 Å². The summed E-state index contributed by atoms with van der Waals surface area (Å²) < 4.78 is 16.6. The van der Waals surface area contributed by atoms with Crippen LogP contribution in [-0.2, 0) is 11.3 Å². The van der Waals surface area contributed by atoms with Gasteiger partial charge >= 0.3 is 0 Å². The second-order valence-electron chi connectivity index (χ2n) is 7.58. The monoisotopic (exact) mass is 408 g/mol. The number of rotatable bonds is 8. The molecular formula is C24H28N2O4. The van der Waals surface area contributed by atoms with Crippen LogP contribution in [0.2, 0.25) is 0 Å². The van der Waals surface area contributed by atoms with Crippen LogP contribution in [0.4, 0.5) is 0 Å². The number of methoxy groups -OCH3 is 2. The molecule has 1 fully saturated rings. The lowest BCUT2D eigenvalue weighted by atomic mass is 10.0. The first kappa shape index (κ1) is 20.4. The first-order valence-corrected chi connectivity index (χ1v) is 10.4. The lowest BCUT2D eigenvalue weighted by Crippen LogP contribution is -2.37. The number of nitrogens with one attached hydrogen (secondary N) is 1. The normalized spacial score (nSPS) is 15.4. The molecule has 1 aliphatic rings. The minimum atomic E-state index is -0.217. The standard InChI is InChI=1S/C24H28N2O4/c1-28-16-20-19-10-3-4-11-22(19)30-23(20)24(27)25-15-21(26-12-5-6-13-26)17-8-7-9-18(14-17)29-2/h3-4,7-11,14,21H,5-6,12-13,15-16H2,1-2H3,(H,25,27). The number of hydrogen-bond acceptors (Lipinski definition) is 5. The molecule has 1 aliphatic heterocycles. The van der Waals surface area contributed by atoms with Crippen molar-refractivity contribution in [2.75, 3.05) is 33.9 Å². The smallest absolute Gasteiger partial charge is 0.287 e. The topological polar surface area (TPSA) is 63.9 Å². The number of amides is 1. The van der Waals surface area contributed by atoms with Crippen molar-refractivity contribution in [2.45, 2.75) is 25.5 Å². The lowest BCUT2D eigenvalue weighted by molar-refractivity contribution is 0.0905. The van der Waals surface area contributed by atoms with Gasteiger partial charge in [0.05, 0.1) is 19.8 Å². The van der Waals surface area contributed by atoms with E-state index in [9.17, 15) is 4.79 Å². The highest BCUT2D eigenvalue weighted by Gasteiger charge is 2.26. The molecule has 2 aromatic carbocycles. The van der Waals surface area contributed by atoms with Crippen molar-refractivity contribution in [3.63, 3.8) is 0 Å². The molecule has 1 amide bonds. The van der Waals surface area contributed by atoms with E-state index in [0.29, 0.717) is 24.5 Å². The summed E-state index contributed by atoms with van der Waals surface area (Å²) in [5, 5.41) is 4.01. The third-order valence-corrected chi connectivity index (χ3v) is 5.71. The molecule has 6 heteroatoms. The summed E-state index contributed by atoms with van der Waals surface area (Å²) in [5.74, 6) is 0.928. The van der Waals surface area contributed by atoms with Crippen molar-refractivity contribution >= 4 is 16.9 Å². The number of likely N-dealkylation sites (tertiary alicyclic amines) is 1. The van der Waals surface area contributed by atoms with Gasteiger partial charge in [-0.15, -0.1) is 0 Å². The highest BCUT2D eigenvalue weighted by Crippen LogP contribution is 2.29. The summed E-state index contributed by atoms with van der Waals surface area (Å²) in [4.78, 5) is 15.5. The van der Waals surface area contributed by atoms with E-state index in [4.69, 9.17) is 13.9 Å². The highest BCUT2D eigenvalue weighted by molar-refractivity contribution is 5.99. The quantitative estimate of drug-likeness (QED) is 0.607. The van der Waals surface area contributed by atoms with Gasteiger partial charge in [0.2, 0.25) is 0 Å². The number of para-hydroxylation sites is 1. The van der Waals surface area contributed by atoms with Crippen molar-refractivity contribution in [2.24, 2.45) is 0 Å². The SMILES string of the molecule is COCc1c(C(=O)NCC(c2cccc(OC)c2)N2CCCC2)oc2ccccc12. The molecule has 3 aromatic rings. The van der Waals surface area contributed by atoms with Gasteiger partial charge in [-0.25, -0.2) is 0 Å². The third kappa shape index (κ3) is 4.20. The van der Waals surface area contributed by atoms with Crippen LogP contribution in [0.5, 0.6) is 5.75 Å². The van der Waals surface area contributed by atoms with E-state index < -0.39 is 0 Å². The van der Waals surface area contributed by atoms with Crippen molar-refractivity contribution in [3.8, 4) is 5.75 Å². The van der Waals surface area contributed by atoms with Gasteiger partial charge in [0, 0.05) is 24.6 Å². The fourth-order valence-electron chi connectivity index (χ4n) is 4.20. The maximum absolute atomic E-state index is 13.1. The zero-order valence-electron chi connectivity index (χ0n) is 17.5. The molecule has 6 nitrogen and oxygen atoms in total. The minimum absolute atomic E-state index is 0.0850. The molecule has 4 rings (SSSR count). The zero-order valence-corrected chi connectivity index (χ0v) is 17.5. The molecule has 0 saturated carbocycles. The molecule has 1 saturated heterocycles. The van der Waals surface area contributed by atoms with Gasteiger partial charge in [-0.2, -0.15) is 0 Å². The van der Waals surface area contributed by atoms with Crippen molar-refractivity contribution < 1.29 is 18.7 Å². The third-order valence-electron chi connectivity index (χ3n) is 5.71. The van der Waals surface area contributed by atoms with Crippen LogP contribution in [0.25, 0.3) is 11.0 Å². The molecule has 0 spiro atoms. The predicted molar refractivity (Wildman–Crippen MR) is 116 cm³/mol. The van der Waals surface area contributed by atoms with Gasteiger partial charge < -0.3 is 19.2 Å². The van der Waals surface area contributed by atoms with E-state index in [0.717, 1.165) is 35.4 Å². The molecule has 2 heterocycles. The van der Waals surface area contributed by atoms with Crippen molar-refractivity contribution in [1.82, 2.24) is 10.2 Å². The van der Waals surface area contributed by atoms with E-state index in [1.165, 1.54) is 12.8 Å². The Balaban J connectivity index is 1.57. The van der Waals surface area contributed by atoms with Crippen molar-refractivity contribution in [1.29, 1.82) is 0 Å². The fraction of sp³-hybridized carbons (Fsp3) is 0.375. The van der Waals surface area contributed by atoms with Crippen molar-refractivity contribution in [3.05, 3.63) is 65.4 Å². The number of hydrogen-bond donors (Lipinski definition) is 1. The zero-order chi connectivity index (χ0) is 20.9. The molecule has 30 heavy (non-hydrogen) atoms. The van der Waals surface area contributed by atoms with Crippen LogP contribution in [0.1, 0.15) is 40.6 Å². The fourth-order valence-corrected chi connectivity index (χ4v) is 4.20. The summed E-state index contributed by atoms with van der Waals surface area (Å²) in [6, 6.07) is 15.8. The van der Waals surface area contributed by atoms with Gasteiger partial charge in [-0.3, -0.25) is 9.69 Å². The number of fused-ring (bicyclic) bond motifs is 1. The number of nitrogens with zero attached hydrogens (tertiary/aromatic N) is 1. The first-order valence-electron chi connectivity index (χ1n) is 10.4. The van der Waals surface area contributed by atoms with E-state index in [1.54, 1.807) is 14.2 Å². The van der Waals surface area contributed by atoms with Gasteiger partial charge in [0.25, 0.3) is 5.91 Å². The van der Waals surface area contributed by atoms with Gasteiger partial charge in [0.15, 0.2) is 5.76 Å². The average Bonchev–Trinajstić information content (AvgIpc) is 3.43. The Morgan fingerprint density at radius 2 is 1.93 bits per heavy atom. The minimum Gasteiger partial charge on any atom is -0.497 e. The van der Waals surface area contributed by atoms with E-state index in [1.807, 2.05) is 42.5 Å². The Kier molecular flexibility index (Phi) is 6.35. The largest absolute Gasteiger partial charge is 0.497 e. The second-order valence-corrected chi connectivity index (χ2v) is 7.58. The molecule has 1 atom stereocenters. The molecule has 158 valence electrons. The Labute approximate surface area is 176 Å². The maximum atomic E-state index is 13.1. The lowest BCUT2D eigenvalue weighted by Gasteiger charge is -2.28. The summed E-state index contributed by atoms with van der Waals surface area (Å²) in [7, 11) is 3.29. The molecular weight excluding hydrogens is 380 g/mol. The van der Waals surface area contributed by atoms with Crippen LogP contribution in [0.15, 0.2) is 52.9 Å². The number of carbonyl (C=O) groups is 1. The summed E-state index contributed by atoms with van der Waals surface area (Å²) >= 11 is 0.